The minimum atomic E-state index is -0.334. The molecule has 84 valence electrons. The third-order valence-electron chi connectivity index (χ3n) is 3.27. The Morgan fingerprint density at radius 2 is 2.27 bits per heavy atom. The van der Waals surface area contributed by atoms with E-state index in [-0.39, 0.29) is 5.23 Å². The molecule has 2 bridgehead atoms. The van der Waals surface area contributed by atoms with E-state index < -0.39 is 0 Å². The van der Waals surface area contributed by atoms with Crippen LogP contribution in [0.25, 0.3) is 0 Å². The second-order valence-corrected chi connectivity index (χ2v) is 5.18. The van der Waals surface area contributed by atoms with Crippen LogP contribution < -0.4 is 5.73 Å². The van der Waals surface area contributed by atoms with E-state index in [9.17, 15) is 0 Å². The number of nitrogens with two attached hydrogens (primary N) is 1. The highest BCUT2D eigenvalue weighted by atomic mass is 32.2. The maximum Gasteiger partial charge on any atom is 0.291 e. The molecule has 3 atom stereocenters. The van der Waals surface area contributed by atoms with Gasteiger partial charge in [0.2, 0.25) is 0 Å². The van der Waals surface area contributed by atoms with E-state index in [4.69, 9.17) is 16.4 Å². The Morgan fingerprint density at radius 1 is 1.47 bits per heavy atom. The van der Waals surface area contributed by atoms with Crippen molar-refractivity contribution >= 4 is 22.2 Å². The Labute approximate surface area is 92.5 Å². The van der Waals surface area contributed by atoms with Gasteiger partial charge in [-0.1, -0.05) is 6.42 Å². The SMILES string of the molecule is N=C(OO)SC(N)=NC1CC2CCC1C2. The fourth-order valence-electron chi connectivity index (χ4n) is 2.67. The van der Waals surface area contributed by atoms with Crippen molar-refractivity contribution in [3.8, 4) is 0 Å². The largest absolute Gasteiger partial charge is 0.378 e. The van der Waals surface area contributed by atoms with Crippen molar-refractivity contribution in [3.05, 3.63) is 0 Å². The quantitative estimate of drug-likeness (QED) is 0.276. The Bertz CT molecular complexity index is 295. The summed E-state index contributed by atoms with van der Waals surface area (Å²) in [5.41, 5.74) is 5.64. The van der Waals surface area contributed by atoms with Crippen molar-refractivity contribution in [3.63, 3.8) is 0 Å². The van der Waals surface area contributed by atoms with Crippen LogP contribution in [0.5, 0.6) is 0 Å². The van der Waals surface area contributed by atoms with Gasteiger partial charge in [-0.05, 0) is 31.1 Å². The molecule has 0 aliphatic heterocycles. The van der Waals surface area contributed by atoms with E-state index >= 15 is 0 Å². The summed E-state index contributed by atoms with van der Waals surface area (Å²) in [7, 11) is 0. The maximum atomic E-state index is 8.19. The summed E-state index contributed by atoms with van der Waals surface area (Å²) in [5.74, 6) is 1.51. The monoisotopic (exact) mass is 229 g/mol. The normalized spacial score (nSPS) is 34.5. The van der Waals surface area contributed by atoms with Gasteiger partial charge in [-0.2, -0.15) is 0 Å². The van der Waals surface area contributed by atoms with E-state index in [0.29, 0.717) is 17.1 Å². The highest BCUT2D eigenvalue weighted by Gasteiger charge is 2.39. The zero-order valence-corrected chi connectivity index (χ0v) is 9.17. The molecule has 6 heteroatoms. The molecule has 2 aliphatic carbocycles. The minimum absolute atomic E-state index is 0.312. The van der Waals surface area contributed by atoms with Crippen LogP contribution in [-0.4, -0.2) is 21.7 Å². The summed E-state index contributed by atoms with van der Waals surface area (Å²) < 4.78 is 0. The molecule has 2 rings (SSSR count). The first-order valence-electron chi connectivity index (χ1n) is 5.10. The van der Waals surface area contributed by atoms with Gasteiger partial charge in [0.25, 0.3) is 5.23 Å². The first kappa shape index (κ1) is 10.8. The number of nitrogens with one attached hydrogen (secondary N) is 1. The Balaban J connectivity index is 1.89. The van der Waals surface area contributed by atoms with E-state index in [0.717, 1.165) is 24.1 Å². The first-order chi connectivity index (χ1) is 7.19. The van der Waals surface area contributed by atoms with Crippen molar-refractivity contribution in [1.29, 1.82) is 5.41 Å². The molecule has 0 spiro atoms. The molecule has 4 N–H and O–H groups in total. The Hall–Kier alpha value is -0.750. The summed E-state index contributed by atoms with van der Waals surface area (Å²) in [6.45, 7) is 0. The number of aliphatic imine (C=N–C) groups is 1. The zero-order chi connectivity index (χ0) is 10.8. The molecule has 2 fully saturated rings. The molecule has 5 nitrogen and oxygen atoms in total. The van der Waals surface area contributed by atoms with Crippen LogP contribution >= 0.6 is 11.8 Å². The summed E-state index contributed by atoms with van der Waals surface area (Å²) in [6.07, 6.45) is 4.99. The van der Waals surface area contributed by atoms with E-state index in [2.05, 4.69) is 9.88 Å². The van der Waals surface area contributed by atoms with Crippen LogP contribution in [0.2, 0.25) is 0 Å². The maximum absolute atomic E-state index is 8.19. The highest BCUT2D eigenvalue weighted by Crippen LogP contribution is 2.46. The van der Waals surface area contributed by atoms with Gasteiger partial charge in [0.15, 0.2) is 5.17 Å². The van der Waals surface area contributed by atoms with Crippen LogP contribution in [0.4, 0.5) is 0 Å². The summed E-state index contributed by atoms with van der Waals surface area (Å²) in [6, 6.07) is 0.322. The molecule has 0 aromatic rings. The fourth-order valence-corrected chi connectivity index (χ4v) is 3.09. The molecule has 0 saturated heterocycles. The van der Waals surface area contributed by atoms with Crippen molar-refractivity contribution in [2.24, 2.45) is 22.6 Å². The Kier molecular flexibility index (Phi) is 3.16. The molecule has 15 heavy (non-hydrogen) atoms. The smallest absolute Gasteiger partial charge is 0.291 e. The van der Waals surface area contributed by atoms with Gasteiger partial charge in [0.1, 0.15) is 0 Å². The molecule has 0 radical (unpaired) electrons. The zero-order valence-electron chi connectivity index (χ0n) is 8.35. The second-order valence-electron chi connectivity index (χ2n) is 4.19. The van der Waals surface area contributed by atoms with Crippen molar-refractivity contribution in [1.82, 2.24) is 0 Å². The average Bonchev–Trinajstić information content (AvgIpc) is 2.78. The van der Waals surface area contributed by atoms with Gasteiger partial charge in [0, 0.05) is 11.8 Å². The lowest BCUT2D eigenvalue weighted by Gasteiger charge is -2.17. The van der Waals surface area contributed by atoms with E-state index in [1.54, 1.807) is 0 Å². The van der Waals surface area contributed by atoms with Gasteiger partial charge in [-0.25, -0.2) is 5.26 Å². The van der Waals surface area contributed by atoms with Gasteiger partial charge in [0.05, 0.1) is 6.04 Å². The van der Waals surface area contributed by atoms with Crippen LogP contribution in [0, 0.1) is 17.2 Å². The lowest BCUT2D eigenvalue weighted by atomic mass is 9.96. The summed E-state index contributed by atoms with van der Waals surface area (Å²) >= 11 is 0.853. The molecule has 2 aliphatic rings. The topological polar surface area (TPSA) is 91.7 Å². The number of rotatable bonds is 1. The molecule has 0 heterocycles. The number of hydrogen-bond donors (Lipinski definition) is 3. The molecule has 3 unspecified atom stereocenters. The molecule has 2 saturated carbocycles. The molecule has 0 amide bonds. The van der Waals surface area contributed by atoms with Crippen molar-refractivity contribution < 1.29 is 10.1 Å². The predicted molar refractivity (Wildman–Crippen MR) is 59.9 cm³/mol. The van der Waals surface area contributed by atoms with E-state index in [1.807, 2.05) is 0 Å². The van der Waals surface area contributed by atoms with Crippen LogP contribution in [-0.2, 0) is 4.89 Å². The van der Waals surface area contributed by atoms with Gasteiger partial charge < -0.3 is 10.6 Å². The second kappa shape index (κ2) is 4.40. The van der Waals surface area contributed by atoms with Crippen LogP contribution in [0.1, 0.15) is 25.7 Å². The van der Waals surface area contributed by atoms with Crippen molar-refractivity contribution in [2.75, 3.05) is 0 Å². The average molecular weight is 229 g/mol. The summed E-state index contributed by atoms with van der Waals surface area (Å²) in [5, 5.41) is 15.2. The van der Waals surface area contributed by atoms with Crippen LogP contribution in [0.3, 0.4) is 0 Å². The standard InChI is InChI=1S/C9H15N3O2S/c10-8(15-9(11)14-13)12-7-4-5-1-2-6(7)3-5/h5-7,11,13H,1-4H2,(H2,10,12). The van der Waals surface area contributed by atoms with E-state index in [1.165, 1.54) is 19.3 Å². The highest BCUT2D eigenvalue weighted by molar-refractivity contribution is 8.26. The van der Waals surface area contributed by atoms with Crippen LogP contribution in [0.15, 0.2) is 4.99 Å². The Morgan fingerprint density at radius 3 is 2.80 bits per heavy atom. The number of fused-ring (bicyclic) bond motifs is 2. The molecular formula is C9H15N3O2S. The third-order valence-corrected chi connectivity index (χ3v) is 3.85. The lowest BCUT2D eigenvalue weighted by Crippen LogP contribution is -2.20. The number of amidine groups is 1. The van der Waals surface area contributed by atoms with Gasteiger partial charge >= 0.3 is 0 Å². The number of nitrogens with zero attached hydrogens (tertiary/aromatic N) is 1. The fraction of sp³-hybridized carbons (Fsp3) is 0.778. The van der Waals surface area contributed by atoms with Gasteiger partial charge in [-0.15, -0.1) is 0 Å². The summed E-state index contributed by atoms with van der Waals surface area (Å²) in [4.78, 5) is 8.10. The molecule has 0 aromatic heterocycles. The van der Waals surface area contributed by atoms with Gasteiger partial charge in [-0.3, -0.25) is 10.4 Å². The third kappa shape index (κ3) is 2.43. The minimum Gasteiger partial charge on any atom is -0.378 e. The predicted octanol–water partition coefficient (Wildman–Crippen LogP) is 1.65. The molecule has 0 aromatic carbocycles. The number of hydrogen-bond acceptors (Lipinski definition) is 5. The first-order valence-corrected chi connectivity index (χ1v) is 5.91. The lowest BCUT2D eigenvalue weighted by molar-refractivity contribution is -0.151. The van der Waals surface area contributed by atoms with Crippen molar-refractivity contribution in [2.45, 2.75) is 31.7 Å². The molecular weight excluding hydrogens is 214 g/mol. The number of thioether (sulfide) groups is 1.